The molecular weight excluding hydrogens is 134 g/mol. The molecule has 10 heavy (non-hydrogen) atoms. The van der Waals surface area contributed by atoms with Gasteiger partial charge in [0.05, 0.1) is 0 Å². The standard InChI is InChI=1S/C6H9NO3/c1-3(2)4-5(8)7-6(9)10-4/h3,8H,1-2H3,(H,7,9). The van der Waals surface area contributed by atoms with Crippen LogP contribution in [-0.2, 0) is 0 Å². The average Bonchev–Trinajstić information content (AvgIpc) is 2.10. The summed E-state index contributed by atoms with van der Waals surface area (Å²) in [5.41, 5.74) is 0. The number of hydrogen-bond acceptors (Lipinski definition) is 3. The molecule has 0 aromatic carbocycles. The topological polar surface area (TPSA) is 66.2 Å². The molecule has 1 aromatic rings. The molecule has 0 aliphatic heterocycles. The van der Waals surface area contributed by atoms with Crippen LogP contribution >= 0.6 is 0 Å². The molecule has 0 amide bonds. The van der Waals surface area contributed by atoms with Crippen molar-refractivity contribution >= 4 is 0 Å². The zero-order valence-electron chi connectivity index (χ0n) is 5.84. The quantitative estimate of drug-likeness (QED) is 0.611. The number of rotatable bonds is 1. The SMILES string of the molecule is CC(C)c1oc(=O)[nH]c1O. The highest BCUT2D eigenvalue weighted by atomic mass is 16.4. The molecule has 0 spiro atoms. The van der Waals surface area contributed by atoms with Crippen LogP contribution in [0.5, 0.6) is 5.88 Å². The maximum absolute atomic E-state index is 10.4. The molecule has 0 aliphatic rings. The summed E-state index contributed by atoms with van der Waals surface area (Å²) >= 11 is 0. The lowest BCUT2D eigenvalue weighted by atomic mass is 10.2. The summed E-state index contributed by atoms with van der Waals surface area (Å²) in [6.45, 7) is 3.65. The molecule has 0 saturated heterocycles. The Balaban J connectivity index is 3.15. The van der Waals surface area contributed by atoms with Gasteiger partial charge >= 0.3 is 5.76 Å². The largest absolute Gasteiger partial charge is 0.492 e. The smallest absolute Gasteiger partial charge is 0.419 e. The minimum absolute atomic E-state index is 0.0268. The minimum Gasteiger partial charge on any atom is -0.492 e. The van der Waals surface area contributed by atoms with Crippen LogP contribution in [0.25, 0.3) is 0 Å². The van der Waals surface area contributed by atoms with Crippen molar-refractivity contribution in [1.29, 1.82) is 0 Å². The molecule has 0 aliphatic carbocycles. The van der Waals surface area contributed by atoms with Gasteiger partial charge in [-0.15, -0.1) is 0 Å². The summed E-state index contributed by atoms with van der Waals surface area (Å²) < 4.78 is 4.61. The summed E-state index contributed by atoms with van der Waals surface area (Å²) in [5, 5.41) is 8.95. The van der Waals surface area contributed by atoms with Crippen LogP contribution in [0.15, 0.2) is 9.21 Å². The van der Waals surface area contributed by atoms with Crippen LogP contribution < -0.4 is 5.76 Å². The number of oxazole rings is 1. The third-order valence-electron chi connectivity index (χ3n) is 1.18. The second-order valence-electron chi connectivity index (χ2n) is 2.38. The molecular formula is C6H9NO3. The average molecular weight is 143 g/mol. The number of nitrogens with one attached hydrogen (secondary N) is 1. The van der Waals surface area contributed by atoms with E-state index < -0.39 is 5.76 Å². The lowest BCUT2D eigenvalue weighted by molar-refractivity contribution is 0.408. The van der Waals surface area contributed by atoms with Crippen LogP contribution in [0.4, 0.5) is 0 Å². The van der Waals surface area contributed by atoms with Crippen molar-refractivity contribution in [3.05, 3.63) is 16.3 Å². The molecule has 4 heteroatoms. The first-order chi connectivity index (χ1) is 4.61. The summed E-state index contributed by atoms with van der Waals surface area (Å²) in [4.78, 5) is 12.6. The Morgan fingerprint density at radius 2 is 2.20 bits per heavy atom. The predicted octanol–water partition coefficient (Wildman–Crippen LogP) is 0.797. The fourth-order valence-corrected chi connectivity index (χ4v) is 0.723. The van der Waals surface area contributed by atoms with E-state index in [-0.39, 0.29) is 11.8 Å². The number of aromatic hydroxyl groups is 1. The highest BCUT2D eigenvalue weighted by Gasteiger charge is 2.11. The van der Waals surface area contributed by atoms with E-state index in [2.05, 4.69) is 9.40 Å². The monoisotopic (exact) mass is 143 g/mol. The number of aromatic amines is 1. The van der Waals surface area contributed by atoms with Crippen molar-refractivity contribution < 1.29 is 9.52 Å². The lowest BCUT2D eigenvalue weighted by Gasteiger charge is -1.96. The fraction of sp³-hybridized carbons (Fsp3) is 0.500. The highest BCUT2D eigenvalue weighted by molar-refractivity contribution is 5.15. The van der Waals surface area contributed by atoms with Gasteiger partial charge in [-0.3, -0.25) is 4.98 Å². The molecule has 0 fully saturated rings. The van der Waals surface area contributed by atoms with E-state index in [1.165, 1.54) is 0 Å². The van der Waals surface area contributed by atoms with E-state index in [1.54, 1.807) is 0 Å². The molecule has 1 heterocycles. The van der Waals surface area contributed by atoms with Crippen LogP contribution in [0.1, 0.15) is 25.5 Å². The molecule has 1 aromatic heterocycles. The normalized spacial score (nSPS) is 10.7. The van der Waals surface area contributed by atoms with Crippen molar-refractivity contribution in [3.8, 4) is 5.88 Å². The summed E-state index contributed by atoms with van der Waals surface area (Å²) in [5.74, 6) is -0.440. The minimum atomic E-state index is -0.610. The first kappa shape index (κ1) is 6.92. The predicted molar refractivity (Wildman–Crippen MR) is 35.1 cm³/mol. The second kappa shape index (κ2) is 2.21. The van der Waals surface area contributed by atoms with E-state index in [9.17, 15) is 4.79 Å². The Kier molecular flexibility index (Phi) is 1.53. The van der Waals surface area contributed by atoms with Gasteiger partial charge in [-0.2, -0.15) is 0 Å². The van der Waals surface area contributed by atoms with Crippen molar-refractivity contribution in [1.82, 2.24) is 4.98 Å². The number of hydrogen-bond donors (Lipinski definition) is 2. The Bertz CT molecular complexity index is 271. The van der Waals surface area contributed by atoms with Crippen molar-refractivity contribution in [3.63, 3.8) is 0 Å². The second-order valence-corrected chi connectivity index (χ2v) is 2.38. The van der Waals surface area contributed by atoms with Crippen LogP contribution in [0, 0.1) is 0 Å². The molecule has 0 bridgehead atoms. The van der Waals surface area contributed by atoms with Crippen LogP contribution in [-0.4, -0.2) is 10.1 Å². The van der Waals surface area contributed by atoms with Gasteiger partial charge in [0, 0.05) is 5.92 Å². The highest BCUT2D eigenvalue weighted by Crippen LogP contribution is 2.20. The van der Waals surface area contributed by atoms with E-state index in [4.69, 9.17) is 5.11 Å². The van der Waals surface area contributed by atoms with E-state index >= 15 is 0 Å². The molecule has 0 radical (unpaired) electrons. The fourth-order valence-electron chi connectivity index (χ4n) is 0.723. The first-order valence-corrected chi connectivity index (χ1v) is 3.03. The molecule has 4 nitrogen and oxygen atoms in total. The van der Waals surface area contributed by atoms with Crippen molar-refractivity contribution in [2.75, 3.05) is 0 Å². The Morgan fingerprint density at radius 1 is 1.60 bits per heavy atom. The molecule has 56 valence electrons. The Morgan fingerprint density at radius 3 is 2.40 bits per heavy atom. The molecule has 0 atom stereocenters. The first-order valence-electron chi connectivity index (χ1n) is 3.03. The molecule has 0 saturated carbocycles. The number of aromatic nitrogens is 1. The van der Waals surface area contributed by atoms with Gasteiger partial charge in [-0.05, 0) is 0 Å². The van der Waals surface area contributed by atoms with E-state index in [1.807, 2.05) is 13.8 Å². The van der Waals surface area contributed by atoms with Crippen molar-refractivity contribution in [2.45, 2.75) is 19.8 Å². The Hall–Kier alpha value is -1.19. The van der Waals surface area contributed by atoms with Crippen LogP contribution in [0.3, 0.4) is 0 Å². The zero-order valence-corrected chi connectivity index (χ0v) is 5.84. The third-order valence-corrected chi connectivity index (χ3v) is 1.18. The maximum Gasteiger partial charge on any atom is 0.419 e. The summed E-state index contributed by atoms with van der Waals surface area (Å²) in [6.07, 6.45) is 0. The zero-order chi connectivity index (χ0) is 7.72. The van der Waals surface area contributed by atoms with Gasteiger partial charge < -0.3 is 9.52 Å². The van der Waals surface area contributed by atoms with Gasteiger partial charge in [0.1, 0.15) is 0 Å². The van der Waals surface area contributed by atoms with Gasteiger partial charge in [0.15, 0.2) is 5.76 Å². The van der Waals surface area contributed by atoms with Gasteiger partial charge in [0.25, 0.3) is 0 Å². The summed E-state index contributed by atoms with van der Waals surface area (Å²) in [6, 6.07) is 0. The van der Waals surface area contributed by atoms with Crippen molar-refractivity contribution in [2.24, 2.45) is 0 Å². The molecule has 1 rings (SSSR count). The van der Waals surface area contributed by atoms with Crippen LogP contribution in [0.2, 0.25) is 0 Å². The summed E-state index contributed by atoms with van der Waals surface area (Å²) in [7, 11) is 0. The Labute approximate surface area is 57.5 Å². The third kappa shape index (κ3) is 1.05. The van der Waals surface area contributed by atoms with Gasteiger partial charge in [-0.25, -0.2) is 4.79 Å². The maximum atomic E-state index is 10.4. The van der Waals surface area contributed by atoms with Gasteiger partial charge in [0.2, 0.25) is 5.88 Å². The lowest BCUT2D eigenvalue weighted by Crippen LogP contribution is -1.93. The van der Waals surface area contributed by atoms with Gasteiger partial charge in [-0.1, -0.05) is 13.8 Å². The molecule has 0 unspecified atom stereocenters. The number of H-pyrrole nitrogens is 1. The van der Waals surface area contributed by atoms with E-state index in [0.29, 0.717) is 5.76 Å². The molecule has 2 N–H and O–H groups in total. The van der Waals surface area contributed by atoms with E-state index in [0.717, 1.165) is 0 Å².